The molecule has 154 valence electrons. The summed E-state index contributed by atoms with van der Waals surface area (Å²) in [5, 5.41) is 7.78. The van der Waals surface area contributed by atoms with Crippen molar-refractivity contribution in [3.05, 3.63) is 78.6 Å². The van der Waals surface area contributed by atoms with Crippen molar-refractivity contribution in [2.45, 2.75) is 20.0 Å². The smallest absolute Gasteiger partial charge is 0.233 e. The van der Waals surface area contributed by atoms with E-state index in [1.54, 1.807) is 4.68 Å². The Labute approximate surface area is 179 Å². The fourth-order valence-corrected chi connectivity index (χ4v) is 3.54. The summed E-state index contributed by atoms with van der Waals surface area (Å²) in [5.74, 6) is 1.46. The van der Waals surface area contributed by atoms with Crippen molar-refractivity contribution < 1.29 is 0 Å². The number of nitrogens with zero attached hydrogens (tertiary/aromatic N) is 6. The van der Waals surface area contributed by atoms with Crippen molar-refractivity contribution in [1.29, 1.82) is 0 Å². The van der Waals surface area contributed by atoms with Gasteiger partial charge >= 0.3 is 0 Å². The summed E-state index contributed by atoms with van der Waals surface area (Å²) in [7, 11) is 0. The Morgan fingerprint density at radius 2 is 1.65 bits per heavy atom. The Morgan fingerprint density at radius 1 is 0.903 bits per heavy atom. The summed E-state index contributed by atoms with van der Waals surface area (Å²) in [5.41, 5.74) is 10.7. The number of hydrogen-bond acceptors (Lipinski definition) is 6. The molecule has 3 N–H and O–H groups in total. The normalized spacial score (nSPS) is 11.1. The number of aromatic nitrogens is 6. The van der Waals surface area contributed by atoms with Crippen molar-refractivity contribution in [2.24, 2.45) is 0 Å². The van der Waals surface area contributed by atoms with E-state index >= 15 is 0 Å². The minimum atomic E-state index is 0.337. The van der Waals surface area contributed by atoms with E-state index in [1.807, 2.05) is 72.4 Å². The van der Waals surface area contributed by atoms with E-state index in [0.717, 1.165) is 16.7 Å². The van der Waals surface area contributed by atoms with Gasteiger partial charge in [-0.15, -0.1) is 0 Å². The largest absolute Gasteiger partial charge is 0.382 e. The van der Waals surface area contributed by atoms with Crippen molar-refractivity contribution >= 4 is 22.9 Å². The van der Waals surface area contributed by atoms with E-state index in [2.05, 4.69) is 27.5 Å². The third kappa shape index (κ3) is 3.59. The van der Waals surface area contributed by atoms with Crippen molar-refractivity contribution in [1.82, 2.24) is 29.3 Å². The standard InChI is InChI=1S/C23H22N8/c1-2-30-21-19(20(24)28-22(29-21)25-13-16-9-5-3-6-10-16)27-23(30)31-15-18(14-26-31)17-11-7-4-8-12-17/h3-12,14-15H,2,13H2,1H3,(H3,24,25,28,29). The highest BCUT2D eigenvalue weighted by Gasteiger charge is 2.18. The molecular formula is C23H22N8. The van der Waals surface area contributed by atoms with Crippen LogP contribution < -0.4 is 11.1 Å². The van der Waals surface area contributed by atoms with Crippen molar-refractivity contribution in [3.8, 4) is 17.1 Å². The third-order valence-corrected chi connectivity index (χ3v) is 5.11. The van der Waals surface area contributed by atoms with Gasteiger partial charge in [0.2, 0.25) is 11.9 Å². The first kappa shape index (κ1) is 18.8. The molecule has 0 fully saturated rings. The Morgan fingerprint density at radius 3 is 2.39 bits per heavy atom. The number of nitrogens with one attached hydrogen (secondary N) is 1. The maximum Gasteiger partial charge on any atom is 0.233 e. The van der Waals surface area contributed by atoms with Crippen LogP contribution in [0.4, 0.5) is 11.8 Å². The monoisotopic (exact) mass is 410 g/mol. The molecule has 8 nitrogen and oxygen atoms in total. The van der Waals surface area contributed by atoms with Gasteiger partial charge in [-0.05, 0) is 18.1 Å². The lowest BCUT2D eigenvalue weighted by atomic mass is 10.1. The van der Waals surface area contributed by atoms with Gasteiger partial charge in [-0.3, -0.25) is 4.57 Å². The summed E-state index contributed by atoms with van der Waals surface area (Å²) < 4.78 is 3.74. The molecule has 0 unspecified atom stereocenters. The second kappa shape index (κ2) is 7.91. The van der Waals surface area contributed by atoms with Crippen LogP contribution in [0.1, 0.15) is 12.5 Å². The average Bonchev–Trinajstić information content (AvgIpc) is 3.44. The van der Waals surface area contributed by atoms with Gasteiger partial charge in [-0.1, -0.05) is 60.7 Å². The van der Waals surface area contributed by atoms with Crippen molar-refractivity contribution in [2.75, 3.05) is 11.1 Å². The van der Waals surface area contributed by atoms with E-state index in [4.69, 9.17) is 15.7 Å². The second-order valence-electron chi connectivity index (χ2n) is 7.14. The maximum absolute atomic E-state index is 6.24. The molecule has 0 aliphatic heterocycles. The molecule has 0 amide bonds. The molecule has 0 spiro atoms. The van der Waals surface area contributed by atoms with Crippen LogP contribution in [0, 0.1) is 0 Å². The van der Waals surface area contributed by atoms with Crippen LogP contribution in [0.3, 0.4) is 0 Å². The number of nitrogens with two attached hydrogens (primary N) is 1. The van der Waals surface area contributed by atoms with Gasteiger partial charge in [0.25, 0.3) is 0 Å². The Bertz CT molecular complexity index is 1320. The van der Waals surface area contributed by atoms with Gasteiger partial charge in [-0.25, -0.2) is 9.67 Å². The number of fused-ring (bicyclic) bond motifs is 1. The first-order valence-corrected chi connectivity index (χ1v) is 10.1. The minimum Gasteiger partial charge on any atom is -0.382 e. The predicted octanol–water partition coefficient (Wildman–Crippen LogP) is 3.89. The molecule has 0 bridgehead atoms. The molecule has 0 saturated heterocycles. The highest BCUT2D eigenvalue weighted by atomic mass is 15.4. The van der Waals surface area contributed by atoms with Crippen LogP contribution in [0.5, 0.6) is 0 Å². The molecule has 0 atom stereocenters. The maximum atomic E-state index is 6.24. The number of rotatable bonds is 6. The van der Waals surface area contributed by atoms with Crippen LogP contribution in [-0.4, -0.2) is 29.3 Å². The summed E-state index contributed by atoms with van der Waals surface area (Å²) in [4.78, 5) is 13.8. The molecule has 2 aromatic carbocycles. The molecule has 5 aromatic rings. The highest BCUT2D eigenvalue weighted by molar-refractivity contribution is 5.84. The second-order valence-corrected chi connectivity index (χ2v) is 7.14. The van der Waals surface area contributed by atoms with Crippen LogP contribution in [0.15, 0.2) is 73.1 Å². The zero-order valence-corrected chi connectivity index (χ0v) is 17.1. The highest BCUT2D eigenvalue weighted by Crippen LogP contribution is 2.25. The van der Waals surface area contributed by atoms with Gasteiger partial charge in [0, 0.05) is 24.8 Å². The summed E-state index contributed by atoms with van der Waals surface area (Å²) in [6, 6.07) is 20.2. The lowest BCUT2D eigenvalue weighted by Crippen LogP contribution is -2.08. The lowest BCUT2D eigenvalue weighted by molar-refractivity contribution is 0.697. The van der Waals surface area contributed by atoms with E-state index in [1.165, 1.54) is 0 Å². The molecule has 5 rings (SSSR count). The van der Waals surface area contributed by atoms with Gasteiger partial charge < -0.3 is 11.1 Å². The summed E-state index contributed by atoms with van der Waals surface area (Å²) >= 11 is 0. The number of hydrogen-bond donors (Lipinski definition) is 2. The number of benzene rings is 2. The van der Waals surface area contributed by atoms with Crippen LogP contribution in [-0.2, 0) is 13.1 Å². The van der Waals surface area contributed by atoms with E-state index in [9.17, 15) is 0 Å². The number of anilines is 2. The zero-order valence-electron chi connectivity index (χ0n) is 17.1. The van der Waals surface area contributed by atoms with Crippen LogP contribution >= 0.6 is 0 Å². The molecule has 3 aromatic heterocycles. The first-order valence-electron chi connectivity index (χ1n) is 10.1. The summed E-state index contributed by atoms with van der Waals surface area (Å²) in [6.45, 7) is 3.32. The fourth-order valence-electron chi connectivity index (χ4n) is 3.54. The van der Waals surface area contributed by atoms with E-state index in [-0.39, 0.29) is 0 Å². The quantitative estimate of drug-likeness (QED) is 0.440. The molecule has 0 saturated carbocycles. The topological polar surface area (TPSA) is 99.5 Å². The number of nitrogen functional groups attached to an aromatic ring is 1. The molecule has 0 aliphatic rings. The molecule has 3 heterocycles. The SMILES string of the molecule is CCn1c(-n2cc(-c3ccccc3)cn2)nc2c(N)nc(NCc3ccccc3)nc21. The minimum absolute atomic E-state index is 0.337. The molecule has 31 heavy (non-hydrogen) atoms. The lowest BCUT2D eigenvalue weighted by Gasteiger charge is -2.08. The van der Waals surface area contributed by atoms with E-state index in [0.29, 0.717) is 42.0 Å². The van der Waals surface area contributed by atoms with E-state index < -0.39 is 0 Å². The molecule has 0 radical (unpaired) electrons. The Kier molecular flexibility index (Phi) is 4.80. The third-order valence-electron chi connectivity index (χ3n) is 5.11. The van der Waals surface area contributed by atoms with Gasteiger partial charge in [0.1, 0.15) is 0 Å². The Hall–Kier alpha value is -4.20. The molecule has 0 aliphatic carbocycles. The van der Waals surface area contributed by atoms with Crippen LogP contribution in [0.25, 0.3) is 28.2 Å². The number of imidazole rings is 1. The van der Waals surface area contributed by atoms with Crippen molar-refractivity contribution in [3.63, 3.8) is 0 Å². The number of aryl methyl sites for hydroxylation is 1. The van der Waals surface area contributed by atoms with Crippen LogP contribution in [0.2, 0.25) is 0 Å². The summed E-state index contributed by atoms with van der Waals surface area (Å²) in [6.07, 6.45) is 3.79. The first-order chi connectivity index (χ1) is 15.2. The fraction of sp³-hybridized carbons (Fsp3) is 0.130. The molecule has 8 heteroatoms. The van der Waals surface area contributed by atoms with Gasteiger partial charge in [0.05, 0.1) is 6.20 Å². The molecular weight excluding hydrogens is 388 g/mol. The van der Waals surface area contributed by atoms with Gasteiger partial charge in [-0.2, -0.15) is 15.1 Å². The predicted molar refractivity (Wildman–Crippen MR) is 122 cm³/mol. The van der Waals surface area contributed by atoms with Gasteiger partial charge in [0.15, 0.2) is 17.0 Å². The Balaban J connectivity index is 1.51. The zero-order chi connectivity index (χ0) is 21.2. The average molecular weight is 410 g/mol.